The summed E-state index contributed by atoms with van der Waals surface area (Å²) in [6.07, 6.45) is 1.10. The van der Waals surface area contributed by atoms with Crippen LogP contribution in [0.5, 0.6) is 0 Å². The standard InChI is InChI=1S/C11H13N5S/c12-13-11-9(14-15-17-11)7-16-6-5-8-3-1-2-4-10(8)16/h1-4,13H,5-7,12H2. The van der Waals surface area contributed by atoms with E-state index in [2.05, 4.69) is 44.2 Å². The van der Waals surface area contributed by atoms with Crippen LogP contribution in [-0.4, -0.2) is 16.1 Å². The second kappa shape index (κ2) is 4.31. The Kier molecular flexibility index (Phi) is 2.66. The summed E-state index contributed by atoms with van der Waals surface area (Å²) < 4.78 is 3.91. The van der Waals surface area contributed by atoms with E-state index in [0.717, 1.165) is 30.2 Å². The summed E-state index contributed by atoms with van der Waals surface area (Å²) in [5, 5.41) is 4.95. The van der Waals surface area contributed by atoms with Crippen LogP contribution >= 0.6 is 11.5 Å². The van der Waals surface area contributed by atoms with Crippen molar-refractivity contribution in [1.82, 2.24) is 9.59 Å². The van der Waals surface area contributed by atoms with Crippen LogP contribution < -0.4 is 16.2 Å². The zero-order valence-electron chi connectivity index (χ0n) is 9.26. The molecule has 0 unspecified atom stereocenters. The SMILES string of the molecule is NNc1snnc1CN1CCc2ccccc21. The van der Waals surface area contributed by atoms with Gasteiger partial charge in [-0.15, -0.1) is 5.10 Å². The van der Waals surface area contributed by atoms with Crippen LogP contribution in [-0.2, 0) is 13.0 Å². The lowest BCUT2D eigenvalue weighted by atomic mass is 10.2. The maximum Gasteiger partial charge on any atom is 0.149 e. The molecule has 6 heteroatoms. The molecule has 5 nitrogen and oxygen atoms in total. The van der Waals surface area contributed by atoms with Gasteiger partial charge >= 0.3 is 0 Å². The molecule has 1 aliphatic rings. The van der Waals surface area contributed by atoms with Crippen molar-refractivity contribution in [1.29, 1.82) is 0 Å². The van der Waals surface area contributed by atoms with E-state index in [1.165, 1.54) is 22.8 Å². The predicted molar refractivity (Wildman–Crippen MR) is 68.9 cm³/mol. The molecule has 3 rings (SSSR count). The van der Waals surface area contributed by atoms with Crippen LogP contribution in [0.3, 0.4) is 0 Å². The molecular formula is C11H13N5S. The van der Waals surface area contributed by atoms with Gasteiger partial charge < -0.3 is 10.3 Å². The van der Waals surface area contributed by atoms with E-state index < -0.39 is 0 Å². The predicted octanol–water partition coefficient (Wildman–Crippen LogP) is 1.39. The van der Waals surface area contributed by atoms with E-state index in [1.807, 2.05) is 0 Å². The maximum absolute atomic E-state index is 5.43. The molecule has 0 amide bonds. The lowest BCUT2D eigenvalue weighted by Crippen LogP contribution is -2.21. The van der Waals surface area contributed by atoms with Crippen molar-refractivity contribution in [3.63, 3.8) is 0 Å². The van der Waals surface area contributed by atoms with Crippen molar-refractivity contribution in [2.24, 2.45) is 5.84 Å². The topological polar surface area (TPSA) is 67.1 Å². The first-order chi connectivity index (χ1) is 8.38. The van der Waals surface area contributed by atoms with Crippen molar-refractivity contribution in [2.75, 3.05) is 16.9 Å². The Bertz CT molecular complexity index is 524. The van der Waals surface area contributed by atoms with Crippen LogP contribution in [0.1, 0.15) is 11.3 Å². The van der Waals surface area contributed by atoms with Crippen molar-refractivity contribution >= 4 is 22.2 Å². The summed E-state index contributed by atoms with van der Waals surface area (Å²) in [5.41, 5.74) is 6.25. The number of nitrogens with two attached hydrogens (primary N) is 1. The zero-order chi connectivity index (χ0) is 11.7. The molecule has 0 fully saturated rings. The fraction of sp³-hybridized carbons (Fsp3) is 0.273. The molecule has 1 aromatic heterocycles. The molecule has 1 aliphatic heterocycles. The second-order valence-electron chi connectivity index (χ2n) is 3.99. The molecule has 88 valence electrons. The summed E-state index contributed by atoms with van der Waals surface area (Å²) in [4.78, 5) is 2.31. The van der Waals surface area contributed by atoms with Crippen LogP contribution in [0.2, 0.25) is 0 Å². The van der Waals surface area contributed by atoms with Gasteiger partial charge in [0.1, 0.15) is 10.7 Å². The molecule has 3 N–H and O–H groups in total. The van der Waals surface area contributed by atoms with Gasteiger partial charge in [0.2, 0.25) is 0 Å². The maximum atomic E-state index is 5.43. The highest BCUT2D eigenvalue weighted by atomic mass is 32.1. The van der Waals surface area contributed by atoms with Crippen molar-refractivity contribution in [2.45, 2.75) is 13.0 Å². The summed E-state index contributed by atoms with van der Waals surface area (Å²) in [6.45, 7) is 1.79. The third-order valence-corrected chi connectivity index (χ3v) is 3.71. The van der Waals surface area contributed by atoms with Crippen molar-refractivity contribution in [3.05, 3.63) is 35.5 Å². The molecule has 0 atom stereocenters. The van der Waals surface area contributed by atoms with Gasteiger partial charge in [-0.2, -0.15) is 0 Å². The normalized spacial score (nSPS) is 13.8. The highest BCUT2D eigenvalue weighted by Gasteiger charge is 2.20. The van der Waals surface area contributed by atoms with Crippen molar-refractivity contribution in [3.8, 4) is 0 Å². The number of hydrogen-bond donors (Lipinski definition) is 2. The molecule has 2 heterocycles. The van der Waals surface area contributed by atoms with Crippen molar-refractivity contribution < 1.29 is 0 Å². The molecule has 0 bridgehead atoms. The molecule has 0 radical (unpaired) electrons. The smallest absolute Gasteiger partial charge is 0.149 e. The number of nitrogens with zero attached hydrogens (tertiary/aromatic N) is 3. The van der Waals surface area contributed by atoms with E-state index in [-0.39, 0.29) is 0 Å². The highest BCUT2D eigenvalue weighted by molar-refractivity contribution is 7.10. The molecule has 1 aromatic carbocycles. The minimum atomic E-state index is 0.757. The number of nitrogen functional groups attached to an aromatic ring is 1. The summed E-state index contributed by atoms with van der Waals surface area (Å²) in [6, 6.07) is 8.48. The number of fused-ring (bicyclic) bond motifs is 1. The molecule has 0 saturated carbocycles. The Labute approximate surface area is 103 Å². The number of aromatic nitrogens is 2. The number of hydrogen-bond acceptors (Lipinski definition) is 6. The van der Waals surface area contributed by atoms with Crippen LogP contribution in [0.25, 0.3) is 0 Å². The fourth-order valence-electron chi connectivity index (χ4n) is 2.17. The molecule has 0 saturated heterocycles. The molecule has 0 aliphatic carbocycles. The van der Waals surface area contributed by atoms with Crippen LogP contribution in [0.15, 0.2) is 24.3 Å². The van der Waals surface area contributed by atoms with E-state index in [9.17, 15) is 0 Å². The number of nitrogens with one attached hydrogen (secondary N) is 1. The van der Waals surface area contributed by atoms with Gasteiger partial charge in [0, 0.05) is 23.8 Å². The van der Waals surface area contributed by atoms with E-state index >= 15 is 0 Å². The lowest BCUT2D eigenvalue weighted by Gasteiger charge is -2.18. The summed E-state index contributed by atoms with van der Waals surface area (Å²) in [7, 11) is 0. The zero-order valence-corrected chi connectivity index (χ0v) is 10.1. The molecule has 17 heavy (non-hydrogen) atoms. The third-order valence-electron chi connectivity index (χ3n) is 3.01. The van der Waals surface area contributed by atoms with Crippen LogP contribution in [0, 0.1) is 0 Å². The van der Waals surface area contributed by atoms with Gasteiger partial charge in [-0.1, -0.05) is 22.7 Å². The Balaban J connectivity index is 1.84. The number of hydrazine groups is 1. The van der Waals surface area contributed by atoms with Gasteiger partial charge in [0.15, 0.2) is 0 Å². The monoisotopic (exact) mass is 247 g/mol. The quantitative estimate of drug-likeness (QED) is 0.633. The van der Waals surface area contributed by atoms with E-state index in [4.69, 9.17) is 5.84 Å². The largest absolute Gasteiger partial charge is 0.365 e. The van der Waals surface area contributed by atoms with E-state index in [1.54, 1.807) is 0 Å². The number of rotatable bonds is 3. The highest BCUT2D eigenvalue weighted by Crippen LogP contribution is 2.30. The third kappa shape index (κ3) is 1.85. The Morgan fingerprint density at radius 3 is 3.18 bits per heavy atom. The average molecular weight is 247 g/mol. The minimum absolute atomic E-state index is 0.757. The van der Waals surface area contributed by atoms with E-state index in [0.29, 0.717) is 0 Å². The summed E-state index contributed by atoms with van der Waals surface area (Å²) >= 11 is 1.29. The average Bonchev–Trinajstić information content (AvgIpc) is 2.97. The minimum Gasteiger partial charge on any atom is -0.365 e. The fourth-order valence-corrected chi connectivity index (χ4v) is 2.66. The second-order valence-corrected chi connectivity index (χ2v) is 4.75. The Morgan fingerprint density at radius 2 is 2.29 bits per heavy atom. The number of anilines is 2. The van der Waals surface area contributed by atoms with Gasteiger partial charge in [-0.3, -0.25) is 0 Å². The Hall–Kier alpha value is -1.66. The lowest BCUT2D eigenvalue weighted by molar-refractivity contribution is 0.809. The first-order valence-electron chi connectivity index (χ1n) is 5.49. The molecular weight excluding hydrogens is 234 g/mol. The molecule has 2 aromatic rings. The van der Waals surface area contributed by atoms with Gasteiger partial charge in [-0.05, 0) is 18.1 Å². The summed E-state index contributed by atoms with van der Waals surface area (Å²) in [5.74, 6) is 5.43. The number of benzene rings is 1. The number of para-hydroxylation sites is 1. The molecule has 0 spiro atoms. The van der Waals surface area contributed by atoms with Gasteiger partial charge in [0.25, 0.3) is 0 Å². The first kappa shape index (κ1) is 10.5. The van der Waals surface area contributed by atoms with Gasteiger partial charge in [-0.25, -0.2) is 5.84 Å². The first-order valence-corrected chi connectivity index (χ1v) is 6.26. The van der Waals surface area contributed by atoms with Crippen LogP contribution in [0.4, 0.5) is 10.7 Å². The van der Waals surface area contributed by atoms with Gasteiger partial charge in [0.05, 0.1) is 6.54 Å². The Morgan fingerprint density at radius 1 is 1.41 bits per heavy atom.